The van der Waals surface area contributed by atoms with Crippen LogP contribution in [0.4, 0.5) is 16.2 Å². The number of aromatic carboxylic acids is 1. The van der Waals surface area contributed by atoms with Gasteiger partial charge in [-0.25, -0.2) is 54.3 Å². The highest BCUT2D eigenvalue weighted by molar-refractivity contribution is 5.99. The van der Waals surface area contributed by atoms with Crippen molar-refractivity contribution in [3.63, 3.8) is 0 Å². The number of carboxylic acid groups (broad SMARTS) is 1. The summed E-state index contributed by atoms with van der Waals surface area (Å²) in [7, 11) is 10.7. The largest absolute Gasteiger partial charge is 0.478 e. The molecule has 0 atom stereocenters. The second kappa shape index (κ2) is 43.2. The molecule has 8 aromatic rings. The normalized spacial score (nSPS) is 16.7. The minimum absolute atomic E-state index is 0.0160. The molecule has 1 amide bonds. The van der Waals surface area contributed by atoms with Crippen LogP contribution in [0.1, 0.15) is 168 Å². The van der Waals surface area contributed by atoms with Gasteiger partial charge in [0.15, 0.2) is 11.6 Å². The number of hydrogen-bond donors (Lipinski definition) is 4. The van der Waals surface area contributed by atoms with Gasteiger partial charge in [0, 0.05) is 106 Å². The Morgan fingerprint density at radius 1 is 0.441 bits per heavy atom. The van der Waals surface area contributed by atoms with Gasteiger partial charge in [-0.3, -0.25) is 14.9 Å². The van der Waals surface area contributed by atoms with Crippen LogP contribution in [-0.4, -0.2) is 218 Å². The van der Waals surface area contributed by atoms with Gasteiger partial charge in [-0.15, -0.1) is 0 Å². The number of nitrogens with two attached hydrogens (primary N) is 2. The third-order valence-corrected chi connectivity index (χ3v) is 21.0. The van der Waals surface area contributed by atoms with Crippen molar-refractivity contribution in [3.8, 4) is 22.3 Å². The molecule has 0 bridgehead atoms. The summed E-state index contributed by atoms with van der Waals surface area (Å²) in [5.74, 6) is 4.23. The van der Waals surface area contributed by atoms with Gasteiger partial charge in [-0.2, -0.15) is 0 Å². The van der Waals surface area contributed by atoms with Crippen LogP contribution in [0.2, 0.25) is 0 Å². The molecule has 5 aliphatic rings. The number of anilines is 2. The minimum Gasteiger partial charge on any atom is -0.478 e. The number of aromatic nitrogens is 8. The van der Waals surface area contributed by atoms with Crippen molar-refractivity contribution < 1.29 is 38.6 Å². The zero-order valence-electron chi connectivity index (χ0n) is 66.6. The van der Waals surface area contributed by atoms with Crippen molar-refractivity contribution >= 4 is 41.0 Å². The maximum Gasteiger partial charge on any atom is 0.412 e. The highest BCUT2D eigenvalue weighted by Crippen LogP contribution is 2.30. The summed E-state index contributed by atoms with van der Waals surface area (Å²) in [5, 5.41) is 11.6. The van der Waals surface area contributed by atoms with Crippen LogP contribution in [0.25, 0.3) is 22.3 Å². The zero-order valence-corrected chi connectivity index (χ0v) is 66.6. The van der Waals surface area contributed by atoms with E-state index in [1.165, 1.54) is 76.8 Å². The van der Waals surface area contributed by atoms with Crippen molar-refractivity contribution in [3.05, 3.63) is 203 Å². The van der Waals surface area contributed by atoms with Gasteiger partial charge in [-0.1, -0.05) is 72.8 Å². The van der Waals surface area contributed by atoms with Crippen LogP contribution in [0.3, 0.4) is 0 Å². The fourth-order valence-electron chi connectivity index (χ4n) is 13.9. The standard InChI is InChI=1S/C30H36N4O3.C25H28N4O.C14H21N3O2.C12H17N3O2.C6H14N2/c1-30(2,3)37-29(36)33-26-11-10-23(22-8-6-5-7-9-22)17-24(26)18-27(35)25-19-31-28(32-20-25)16-21-12-14-34(4)15-13-21;1-29-11-9-18(10-12-29)13-25-27-16-22(17-28-25)24(30)15-21-14-20(7-8-23(21)26)19-5-3-2-4-6-19;1-3-19-14(18)12-9-15-13(16-10-12)8-11-4-6-17(2)7-5-11;1-15-4-2-9(3-5-15)6-11-13-7-10(8-14-11)12(16)17;1-8-4-2-6(7)3-5-8/h5-11,17,19-21H,12-16,18H2,1-4H3,(H,33,36);2-8,14,16-18H,9-13,15,26H2,1H3;9-11H,3-8H2,1-2H3;7-9H,2-6H2,1H3,(H,16,17);6H,2-5,7H2,1H3. The first kappa shape index (κ1) is 85.3. The highest BCUT2D eigenvalue weighted by atomic mass is 16.6. The Hall–Kier alpha value is -9.69. The lowest BCUT2D eigenvalue weighted by Crippen LogP contribution is -2.37. The number of nitrogens with zero attached hydrogens (tertiary/aromatic N) is 13. The van der Waals surface area contributed by atoms with Gasteiger partial charge in [-0.05, 0) is 274 Å². The summed E-state index contributed by atoms with van der Waals surface area (Å²) in [6.45, 7) is 18.9. The number of benzene rings is 4. The average molecular weight is 1510 g/mol. The Labute approximate surface area is 656 Å². The summed E-state index contributed by atoms with van der Waals surface area (Å²) < 4.78 is 10.3. The molecule has 0 saturated carbocycles. The molecule has 0 radical (unpaired) electrons. The highest BCUT2D eigenvalue weighted by Gasteiger charge is 2.25. The molecule has 24 nitrogen and oxygen atoms in total. The molecule has 24 heteroatoms. The quantitative estimate of drug-likeness (QED) is 0.0313. The number of esters is 1. The van der Waals surface area contributed by atoms with Gasteiger partial charge in [0.1, 0.15) is 28.9 Å². The maximum absolute atomic E-state index is 13.2. The first-order valence-corrected chi connectivity index (χ1v) is 39.4. The number of hydrogen-bond acceptors (Lipinski definition) is 22. The summed E-state index contributed by atoms with van der Waals surface area (Å²) >= 11 is 0. The number of piperidine rings is 5. The Bertz CT molecular complexity index is 4160. The van der Waals surface area contributed by atoms with Crippen LogP contribution in [0, 0.1) is 23.7 Å². The lowest BCUT2D eigenvalue weighted by Gasteiger charge is -2.28. The van der Waals surface area contributed by atoms with E-state index < -0.39 is 17.7 Å². The number of carbonyl (C=O) groups is 5. The van der Waals surface area contributed by atoms with E-state index in [9.17, 15) is 24.0 Å². The number of likely N-dealkylation sites (tertiary alicyclic amines) is 5. The number of Topliss-reactive ketones (excluding diaryl/α,β-unsaturated/α-hetero) is 2. The van der Waals surface area contributed by atoms with E-state index >= 15 is 0 Å². The summed E-state index contributed by atoms with van der Waals surface area (Å²) in [4.78, 5) is 107. The minimum atomic E-state index is -0.976. The number of carboxylic acids is 1. The summed E-state index contributed by atoms with van der Waals surface area (Å²) in [5.41, 5.74) is 19.6. The number of amides is 1. The topological polar surface area (TPSA) is 307 Å². The van der Waals surface area contributed by atoms with Crippen LogP contribution < -0.4 is 16.8 Å². The molecule has 0 unspecified atom stereocenters. The van der Waals surface area contributed by atoms with Crippen molar-refractivity contribution in [1.29, 1.82) is 0 Å². The molecule has 6 N–H and O–H groups in total. The van der Waals surface area contributed by atoms with Crippen molar-refractivity contribution in [1.82, 2.24) is 64.4 Å². The smallest absolute Gasteiger partial charge is 0.412 e. The number of ketones is 2. The number of nitrogen functional groups attached to an aromatic ring is 1. The molecule has 111 heavy (non-hydrogen) atoms. The third kappa shape index (κ3) is 29.2. The van der Waals surface area contributed by atoms with Gasteiger partial charge in [0.25, 0.3) is 0 Å². The Morgan fingerprint density at radius 3 is 1.11 bits per heavy atom. The number of ether oxygens (including phenoxy) is 2. The molecular formula is C87H116N16O8. The second-order valence-electron chi connectivity index (χ2n) is 31.4. The molecule has 0 aliphatic carbocycles. The molecular weight excluding hydrogens is 1400 g/mol. The molecule has 4 aromatic carbocycles. The predicted octanol–water partition coefficient (Wildman–Crippen LogP) is 12.5. The van der Waals surface area contributed by atoms with E-state index in [-0.39, 0.29) is 35.9 Å². The lowest BCUT2D eigenvalue weighted by atomic mass is 9.93. The third-order valence-electron chi connectivity index (χ3n) is 21.0. The SMILES string of the molecule is CCOC(=O)c1cnc(CC2CCN(C)CC2)nc1.CN1CCC(Cc2ncc(C(=O)Cc3cc(-c4ccccc4)ccc3N)cn2)CC1.CN1CCC(Cc2ncc(C(=O)Cc3cc(-c4ccccc4)ccc3NC(=O)OC(C)(C)C)cn2)CC1.CN1CCC(Cc2ncc(C(=O)O)cn2)CC1.CN1CCC(N)CC1. The first-order valence-electron chi connectivity index (χ1n) is 39.4. The van der Waals surface area contributed by atoms with Crippen LogP contribution in [-0.2, 0) is 48.0 Å². The average Bonchev–Trinajstić information content (AvgIpc) is 0.821. The lowest BCUT2D eigenvalue weighted by molar-refractivity contribution is 0.0523. The van der Waals surface area contributed by atoms with E-state index in [1.807, 2.05) is 118 Å². The van der Waals surface area contributed by atoms with E-state index in [4.69, 9.17) is 26.0 Å². The molecule has 5 saturated heterocycles. The van der Waals surface area contributed by atoms with Crippen LogP contribution >= 0.6 is 0 Å². The Balaban J connectivity index is 0.000000171. The summed E-state index contributed by atoms with van der Waals surface area (Å²) in [6, 6.07) is 32.0. The molecule has 592 valence electrons. The second-order valence-corrected chi connectivity index (χ2v) is 31.4. The van der Waals surface area contributed by atoms with E-state index in [2.05, 4.69) is 105 Å². The maximum atomic E-state index is 13.2. The first-order chi connectivity index (χ1) is 53.4. The fourth-order valence-corrected chi connectivity index (χ4v) is 13.9. The monoisotopic (exact) mass is 1510 g/mol. The Kier molecular flexibility index (Phi) is 33.2. The van der Waals surface area contributed by atoms with E-state index in [0.29, 0.717) is 69.9 Å². The molecule has 13 rings (SSSR count). The van der Waals surface area contributed by atoms with Gasteiger partial charge < -0.3 is 50.5 Å². The number of nitrogens with one attached hydrogen (secondary N) is 1. The molecule has 4 aromatic heterocycles. The fraction of sp³-hybridized carbons (Fsp3) is 0.483. The molecule has 0 spiro atoms. The predicted molar refractivity (Wildman–Crippen MR) is 436 cm³/mol. The van der Waals surface area contributed by atoms with E-state index in [1.54, 1.807) is 44.1 Å². The van der Waals surface area contributed by atoms with Crippen LogP contribution in [0.15, 0.2) is 147 Å². The van der Waals surface area contributed by atoms with Crippen molar-refractivity contribution in [2.75, 3.05) is 118 Å². The number of rotatable bonds is 20. The molecule has 9 heterocycles. The molecule has 5 fully saturated rings. The summed E-state index contributed by atoms with van der Waals surface area (Å²) in [6.07, 6.45) is 27.5. The Morgan fingerprint density at radius 2 is 0.766 bits per heavy atom. The van der Waals surface area contributed by atoms with Crippen LogP contribution in [0.5, 0.6) is 0 Å². The van der Waals surface area contributed by atoms with Gasteiger partial charge >= 0.3 is 18.0 Å². The van der Waals surface area contributed by atoms with Crippen molar-refractivity contribution in [2.45, 2.75) is 142 Å². The van der Waals surface area contributed by atoms with Crippen molar-refractivity contribution in [2.24, 2.45) is 29.4 Å². The van der Waals surface area contributed by atoms with Gasteiger partial charge in [0.05, 0.1) is 28.9 Å². The van der Waals surface area contributed by atoms with E-state index in [0.717, 1.165) is 142 Å². The number of carbonyl (C=O) groups excluding carboxylic acids is 4. The van der Waals surface area contributed by atoms with Gasteiger partial charge in [0.2, 0.25) is 0 Å². The zero-order chi connectivity index (χ0) is 79.2. The molecule has 5 aliphatic heterocycles.